The topological polar surface area (TPSA) is 70.4 Å². The maximum Gasteiger partial charge on any atom is 0.273 e. The van der Waals surface area contributed by atoms with E-state index in [4.69, 9.17) is 4.52 Å². The average Bonchev–Trinajstić information content (AvgIpc) is 3.35. The van der Waals surface area contributed by atoms with E-state index in [1.54, 1.807) is 17.4 Å². The molecule has 2 aromatic heterocycles. The van der Waals surface area contributed by atoms with Crippen LogP contribution in [-0.2, 0) is 0 Å². The van der Waals surface area contributed by atoms with E-state index in [1.165, 1.54) is 12.8 Å². The zero-order chi connectivity index (χ0) is 19.8. The third-order valence-corrected chi connectivity index (χ3v) is 5.92. The highest BCUT2D eigenvalue weighted by atomic mass is 32.1. The van der Waals surface area contributed by atoms with E-state index in [9.17, 15) is 4.79 Å². The van der Waals surface area contributed by atoms with E-state index < -0.39 is 0 Å². The van der Waals surface area contributed by atoms with Crippen molar-refractivity contribution < 1.29 is 9.32 Å². The van der Waals surface area contributed by atoms with E-state index in [-0.39, 0.29) is 5.91 Å². The number of carbonyl (C=O) groups excluding carboxylic acids is 1. The van der Waals surface area contributed by atoms with Gasteiger partial charge in [-0.1, -0.05) is 31.5 Å². The number of hydrogen-bond donors (Lipinski definition) is 2. The Balaban J connectivity index is 1.28. The third kappa shape index (κ3) is 6.43. The number of aromatic nitrogens is 1. The maximum atomic E-state index is 12.2. The van der Waals surface area contributed by atoms with E-state index in [2.05, 4.69) is 34.5 Å². The molecule has 1 saturated heterocycles. The molecule has 1 atom stereocenters. The van der Waals surface area contributed by atoms with Crippen molar-refractivity contribution in [2.45, 2.75) is 45.6 Å². The minimum absolute atomic E-state index is 0.162. The Labute approximate surface area is 171 Å². The number of thiophene rings is 1. The van der Waals surface area contributed by atoms with E-state index in [0.717, 1.165) is 49.8 Å². The molecule has 7 heteroatoms. The van der Waals surface area contributed by atoms with Crippen molar-refractivity contribution in [3.63, 3.8) is 0 Å². The van der Waals surface area contributed by atoms with Crippen LogP contribution in [0.1, 0.15) is 50.0 Å². The van der Waals surface area contributed by atoms with Crippen LogP contribution in [0, 0.1) is 5.92 Å². The molecule has 0 bridgehead atoms. The summed E-state index contributed by atoms with van der Waals surface area (Å²) in [5.41, 5.74) is 0.348. The molecule has 154 valence electrons. The number of nitrogens with one attached hydrogen (secondary N) is 2. The molecule has 0 aliphatic carbocycles. The predicted molar refractivity (Wildman–Crippen MR) is 114 cm³/mol. The summed E-state index contributed by atoms with van der Waals surface area (Å²) in [6.07, 6.45) is 4.54. The highest BCUT2D eigenvalue weighted by Crippen LogP contribution is 2.25. The van der Waals surface area contributed by atoms with Gasteiger partial charge >= 0.3 is 0 Å². The first-order valence-electron chi connectivity index (χ1n) is 10.4. The first-order chi connectivity index (χ1) is 13.6. The first-order valence-corrected chi connectivity index (χ1v) is 11.2. The molecule has 0 unspecified atom stereocenters. The van der Waals surface area contributed by atoms with Crippen LogP contribution in [0.5, 0.6) is 0 Å². The minimum Gasteiger partial charge on any atom is -0.355 e. The summed E-state index contributed by atoms with van der Waals surface area (Å²) in [4.78, 5) is 15.7. The van der Waals surface area contributed by atoms with Gasteiger partial charge in [0.05, 0.1) is 4.88 Å². The van der Waals surface area contributed by atoms with Crippen LogP contribution in [0.4, 0.5) is 0 Å². The van der Waals surface area contributed by atoms with Crippen LogP contribution in [-0.4, -0.2) is 54.7 Å². The van der Waals surface area contributed by atoms with Crippen LogP contribution < -0.4 is 10.6 Å². The van der Waals surface area contributed by atoms with E-state index in [1.807, 2.05) is 17.5 Å². The van der Waals surface area contributed by atoms with Gasteiger partial charge < -0.3 is 20.1 Å². The zero-order valence-corrected chi connectivity index (χ0v) is 17.8. The van der Waals surface area contributed by atoms with Gasteiger partial charge in [-0.2, -0.15) is 0 Å². The number of unbranched alkanes of at least 4 members (excludes halogenated alkanes) is 2. The Kier molecular flexibility index (Phi) is 8.06. The lowest BCUT2D eigenvalue weighted by molar-refractivity contribution is 0.0943. The molecule has 1 aliphatic heterocycles. The summed E-state index contributed by atoms with van der Waals surface area (Å²) in [7, 11) is 0. The van der Waals surface area contributed by atoms with E-state index in [0.29, 0.717) is 24.0 Å². The second kappa shape index (κ2) is 10.7. The molecule has 3 rings (SSSR count). The second-order valence-electron chi connectivity index (χ2n) is 7.95. The summed E-state index contributed by atoms with van der Waals surface area (Å²) in [6.45, 7) is 9.81. The van der Waals surface area contributed by atoms with Gasteiger partial charge in [-0.25, -0.2) is 0 Å². The summed E-state index contributed by atoms with van der Waals surface area (Å²) >= 11 is 1.57. The predicted octanol–water partition coefficient (Wildman–Crippen LogP) is 3.62. The van der Waals surface area contributed by atoms with Gasteiger partial charge in [-0.3, -0.25) is 4.79 Å². The van der Waals surface area contributed by atoms with Crippen molar-refractivity contribution >= 4 is 17.2 Å². The average molecular weight is 405 g/mol. The molecule has 1 aliphatic rings. The van der Waals surface area contributed by atoms with Crippen LogP contribution in [0.25, 0.3) is 10.6 Å². The van der Waals surface area contributed by atoms with Crippen molar-refractivity contribution in [1.82, 2.24) is 20.7 Å². The number of hydrogen-bond acceptors (Lipinski definition) is 6. The van der Waals surface area contributed by atoms with Gasteiger partial charge in [0.25, 0.3) is 5.91 Å². The fourth-order valence-electron chi connectivity index (χ4n) is 3.67. The number of carbonyl (C=O) groups is 1. The second-order valence-corrected chi connectivity index (χ2v) is 8.90. The molecule has 2 aromatic rings. The highest BCUT2D eigenvalue weighted by molar-refractivity contribution is 7.13. The Bertz CT molecular complexity index is 714. The largest absolute Gasteiger partial charge is 0.355 e. The quantitative estimate of drug-likeness (QED) is 0.592. The molecule has 0 saturated carbocycles. The molecular formula is C21H32N4O2S. The van der Waals surface area contributed by atoms with Crippen LogP contribution in [0.3, 0.4) is 0 Å². The fraction of sp³-hybridized carbons (Fsp3) is 0.619. The molecule has 6 nitrogen and oxygen atoms in total. The maximum absolute atomic E-state index is 12.2. The van der Waals surface area contributed by atoms with Gasteiger partial charge in [0.2, 0.25) is 0 Å². The van der Waals surface area contributed by atoms with Crippen LogP contribution in [0.15, 0.2) is 28.1 Å². The van der Waals surface area contributed by atoms with Crippen molar-refractivity contribution in [3.05, 3.63) is 29.3 Å². The number of amides is 1. The Morgan fingerprint density at radius 1 is 1.43 bits per heavy atom. The zero-order valence-electron chi connectivity index (χ0n) is 16.9. The Hall–Kier alpha value is -1.70. The first kappa shape index (κ1) is 21.0. The van der Waals surface area contributed by atoms with Crippen molar-refractivity contribution in [3.8, 4) is 10.6 Å². The lowest BCUT2D eigenvalue weighted by Crippen LogP contribution is -2.51. The van der Waals surface area contributed by atoms with Gasteiger partial charge in [0, 0.05) is 38.3 Å². The molecule has 1 fully saturated rings. The van der Waals surface area contributed by atoms with Crippen molar-refractivity contribution in [2.24, 2.45) is 5.92 Å². The highest BCUT2D eigenvalue weighted by Gasteiger charge is 2.19. The molecule has 0 aromatic carbocycles. The summed E-state index contributed by atoms with van der Waals surface area (Å²) in [5.74, 6) is 1.23. The van der Waals surface area contributed by atoms with Gasteiger partial charge in [-0.15, -0.1) is 11.3 Å². The monoisotopic (exact) mass is 404 g/mol. The fourth-order valence-corrected chi connectivity index (χ4v) is 4.34. The number of rotatable bonds is 10. The standard InChI is InChI=1S/C21H32N4O2S/c1-16(2)13-17-15-25(11-9-22-17)10-5-3-4-8-23-21(26)18-14-19(27-24-18)20-7-6-12-28-20/h6-7,12,14,16-17,22H,3-5,8-11,13,15H2,1-2H3,(H,23,26)/t17-/m0/s1. The van der Waals surface area contributed by atoms with E-state index >= 15 is 0 Å². The van der Waals surface area contributed by atoms with Gasteiger partial charge in [-0.05, 0) is 43.2 Å². The van der Waals surface area contributed by atoms with Crippen LogP contribution >= 0.6 is 11.3 Å². The Morgan fingerprint density at radius 2 is 2.32 bits per heavy atom. The Morgan fingerprint density at radius 3 is 3.11 bits per heavy atom. The van der Waals surface area contributed by atoms with Gasteiger partial charge in [0.15, 0.2) is 11.5 Å². The smallest absolute Gasteiger partial charge is 0.273 e. The minimum atomic E-state index is -0.162. The molecule has 1 amide bonds. The number of piperazine rings is 1. The molecule has 0 spiro atoms. The summed E-state index contributed by atoms with van der Waals surface area (Å²) in [5, 5.41) is 12.4. The van der Waals surface area contributed by atoms with Crippen LogP contribution in [0.2, 0.25) is 0 Å². The summed E-state index contributed by atoms with van der Waals surface area (Å²) < 4.78 is 5.26. The molecule has 3 heterocycles. The lowest BCUT2D eigenvalue weighted by atomic mass is 10.0. The third-order valence-electron chi connectivity index (χ3n) is 5.04. The molecule has 0 radical (unpaired) electrons. The van der Waals surface area contributed by atoms with Crippen molar-refractivity contribution in [1.29, 1.82) is 0 Å². The lowest BCUT2D eigenvalue weighted by Gasteiger charge is -2.34. The molecule has 28 heavy (non-hydrogen) atoms. The van der Waals surface area contributed by atoms with Gasteiger partial charge in [0.1, 0.15) is 0 Å². The normalized spacial score (nSPS) is 17.9. The number of nitrogens with zero attached hydrogens (tertiary/aromatic N) is 2. The van der Waals surface area contributed by atoms with Crippen molar-refractivity contribution in [2.75, 3.05) is 32.7 Å². The summed E-state index contributed by atoms with van der Waals surface area (Å²) in [6, 6.07) is 6.25. The molecule has 2 N–H and O–H groups in total. The SMILES string of the molecule is CC(C)C[C@H]1CN(CCCCCNC(=O)c2cc(-c3cccs3)on2)CCN1. The molecular weight excluding hydrogens is 372 g/mol.